The molecular weight excluding hydrogens is 316 g/mol. The molecule has 21 heavy (non-hydrogen) atoms. The first kappa shape index (κ1) is 15.5. The molecule has 2 N–H and O–H groups in total. The molecule has 0 radical (unpaired) electrons. The van der Waals surface area contributed by atoms with Gasteiger partial charge in [-0.1, -0.05) is 23.2 Å². The Balaban J connectivity index is 2.25. The summed E-state index contributed by atoms with van der Waals surface area (Å²) in [6.45, 7) is 2.56. The number of benzene rings is 1. The molecule has 0 saturated heterocycles. The number of hydrogen-bond donors (Lipinski definition) is 2. The summed E-state index contributed by atoms with van der Waals surface area (Å²) in [4.78, 5) is 16.2. The summed E-state index contributed by atoms with van der Waals surface area (Å²) in [6, 6.07) is 5.50. The molecule has 1 aromatic heterocycles. The molecule has 4 nitrogen and oxygen atoms in total. The van der Waals surface area contributed by atoms with E-state index in [2.05, 4.69) is 15.6 Å². The topological polar surface area (TPSA) is 54.0 Å². The molecule has 110 valence electrons. The summed E-state index contributed by atoms with van der Waals surface area (Å²) in [6.07, 6.45) is 1.37. The molecule has 2 aromatic rings. The molecule has 1 aromatic carbocycles. The maximum absolute atomic E-state index is 13.7. The number of nitrogens with zero attached hydrogens (tertiary/aromatic N) is 1. The van der Waals surface area contributed by atoms with Crippen LogP contribution in [0, 0.1) is 5.82 Å². The number of rotatable bonds is 4. The summed E-state index contributed by atoms with van der Waals surface area (Å²) >= 11 is 11.6. The molecule has 7 heteroatoms. The van der Waals surface area contributed by atoms with Crippen LogP contribution in [-0.4, -0.2) is 17.4 Å². The zero-order valence-corrected chi connectivity index (χ0v) is 12.6. The highest BCUT2D eigenvalue weighted by Crippen LogP contribution is 2.22. The van der Waals surface area contributed by atoms with Gasteiger partial charge in [0.2, 0.25) is 0 Å². The van der Waals surface area contributed by atoms with Crippen LogP contribution in [0.5, 0.6) is 0 Å². The summed E-state index contributed by atoms with van der Waals surface area (Å²) < 4.78 is 13.7. The number of pyridine rings is 1. The average molecular weight is 328 g/mol. The fraction of sp³-hybridized carbons (Fsp3) is 0.143. The van der Waals surface area contributed by atoms with E-state index in [1.54, 1.807) is 0 Å². The summed E-state index contributed by atoms with van der Waals surface area (Å²) in [5.41, 5.74) is 0.235. The Morgan fingerprint density at radius 2 is 2.10 bits per heavy atom. The molecular formula is C14H12Cl2FN3O. The first-order valence-electron chi connectivity index (χ1n) is 6.17. The van der Waals surface area contributed by atoms with Gasteiger partial charge in [-0.15, -0.1) is 0 Å². The van der Waals surface area contributed by atoms with E-state index in [0.29, 0.717) is 12.4 Å². The normalized spacial score (nSPS) is 10.3. The second kappa shape index (κ2) is 6.74. The van der Waals surface area contributed by atoms with Gasteiger partial charge in [0.25, 0.3) is 5.91 Å². The molecule has 0 atom stereocenters. The molecule has 0 aliphatic rings. The maximum Gasteiger partial charge on any atom is 0.257 e. The summed E-state index contributed by atoms with van der Waals surface area (Å²) in [7, 11) is 0. The standard InChI is InChI=1S/C14H12Cl2FN3O/c1-2-18-13-6-9(10(16)7-19-13)14(21)20-12-4-3-8(15)5-11(12)17/h3-7H,2H2,1H3,(H,18,19)(H,20,21). The van der Waals surface area contributed by atoms with Crippen molar-refractivity contribution in [2.24, 2.45) is 0 Å². The van der Waals surface area contributed by atoms with Crippen LogP contribution in [0.25, 0.3) is 0 Å². The van der Waals surface area contributed by atoms with Crippen LogP contribution < -0.4 is 10.6 Å². The molecule has 0 unspecified atom stereocenters. The van der Waals surface area contributed by atoms with Gasteiger partial charge in [0.15, 0.2) is 0 Å². The first-order valence-corrected chi connectivity index (χ1v) is 6.92. The molecule has 0 aliphatic carbocycles. The predicted octanol–water partition coefficient (Wildman–Crippen LogP) is 4.21. The predicted molar refractivity (Wildman–Crippen MR) is 82.8 cm³/mol. The van der Waals surface area contributed by atoms with Gasteiger partial charge in [0.05, 0.1) is 16.3 Å². The van der Waals surface area contributed by atoms with E-state index in [-0.39, 0.29) is 21.3 Å². The highest BCUT2D eigenvalue weighted by atomic mass is 35.5. The summed E-state index contributed by atoms with van der Waals surface area (Å²) in [5, 5.41) is 5.86. The number of aromatic nitrogens is 1. The van der Waals surface area contributed by atoms with Gasteiger partial charge in [-0.3, -0.25) is 4.79 Å². The van der Waals surface area contributed by atoms with Crippen molar-refractivity contribution in [3.8, 4) is 0 Å². The number of nitrogens with one attached hydrogen (secondary N) is 2. The molecule has 1 amide bonds. The van der Waals surface area contributed by atoms with Crippen LogP contribution in [-0.2, 0) is 0 Å². The van der Waals surface area contributed by atoms with Crippen molar-refractivity contribution in [2.75, 3.05) is 17.2 Å². The van der Waals surface area contributed by atoms with Crippen LogP contribution in [0.4, 0.5) is 15.9 Å². The van der Waals surface area contributed by atoms with Crippen molar-refractivity contribution in [3.05, 3.63) is 51.9 Å². The number of carbonyl (C=O) groups excluding carboxylic acids is 1. The van der Waals surface area contributed by atoms with Gasteiger partial charge in [-0.05, 0) is 31.2 Å². The number of anilines is 2. The van der Waals surface area contributed by atoms with Crippen molar-refractivity contribution in [1.29, 1.82) is 0 Å². The Labute approximate surface area is 131 Å². The Hall–Kier alpha value is -1.85. The van der Waals surface area contributed by atoms with Crippen LogP contribution in [0.1, 0.15) is 17.3 Å². The van der Waals surface area contributed by atoms with Gasteiger partial charge >= 0.3 is 0 Å². The molecule has 0 fully saturated rings. The van der Waals surface area contributed by atoms with Gasteiger partial charge < -0.3 is 10.6 Å². The third-order valence-electron chi connectivity index (χ3n) is 2.64. The van der Waals surface area contributed by atoms with Crippen LogP contribution in [0.2, 0.25) is 10.0 Å². The third-order valence-corrected chi connectivity index (χ3v) is 3.17. The highest BCUT2D eigenvalue weighted by Gasteiger charge is 2.14. The average Bonchev–Trinajstić information content (AvgIpc) is 2.44. The van der Waals surface area contributed by atoms with Gasteiger partial charge in [-0.25, -0.2) is 9.37 Å². The third kappa shape index (κ3) is 3.83. The highest BCUT2D eigenvalue weighted by molar-refractivity contribution is 6.34. The van der Waals surface area contributed by atoms with E-state index in [1.807, 2.05) is 6.92 Å². The molecule has 0 bridgehead atoms. The monoisotopic (exact) mass is 327 g/mol. The fourth-order valence-corrected chi connectivity index (χ4v) is 2.02. The lowest BCUT2D eigenvalue weighted by atomic mass is 10.2. The SMILES string of the molecule is CCNc1cc(C(=O)Nc2ccc(Cl)cc2F)c(Cl)cn1. The molecule has 0 aliphatic heterocycles. The molecule has 2 rings (SSSR count). The molecule has 0 spiro atoms. The van der Waals surface area contributed by atoms with E-state index in [4.69, 9.17) is 23.2 Å². The lowest BCUT2D eigenvalue weighted by molar-refractivity contribution is 0.102. The smallest absolute Gasteiger partial charge is 0.257 e. The minimum Gasteiger partial charge on any atom is -0.370 e. The number of hydrogen-bond acceptors (Lipinski definition) is 3. The van der Waals surface area contributed by atoms with Crippen molar-refractivity contribution < 1.29 is 9.18 Å². The first-order chi connectivity index (χ1) is 10.0. The fourth-order valence-electron chi connectivity index (χ4n) is 1.67. The second-order valence-corrected chi connectivity index (χ2v) is 5.00. The van der Waals surface area contributed by atoms with Gasteiger partial charge in [-0.2, -0.15) is 0 Å². The zero-order valence-electron chi connectivity index (χ0n) is 11.1. The van der Waals surface area contributed by atoms with Gasteiger partial charge in [0.1, 0.15) is 11.6 Å². The van der Waals surface area contributed by atoms with Crippen molar-refractivity contribution in [1.82, 2.24) is 4.98 Å². The number of amides is 1. The van der Waals surface area contributed by atoms with E-state index in [0.717, 1.165) is 6.07 Å². The Bertz CT molecular complexity index is 679. The lowest BCUT2D eigenvalue weighted by Crippen LogP contribution is -2.14. The van der Waals surface area contributed by atoms with Crippen LogP contribution in [0.15, 0.2) is 30.5 Å². The van der Waals surface area contributed by atoms with E-state index in [1.165, 1.54) is 24.4 Å². The quantitative estimate of drug-likeness (QED) is 0.884. The van der Waals surface area contributed by atoms with Crippen molar-refractivity contribution in [3.63, 3.8) is 0 Å². The minimum atomic E-state index is -0.618. The van der Waals surface area contributed by atoms with Crippen LogP contribution in [0.3, 0.4) is 0 Å². The number of halogens is 3. The van der Waals surface area contributed by atoms with Crippen molar-refractivity contribution >= 4 is 40.6 Å². The Kier molecular flexibility index (Phi) is 4.98. The number of carbonyl (C=O) groups is 1. The Morgan fingerprint density at radius 1 is 1.33 bits per heavy atom. The lowest BCUT2D eigenvalue weighted by Gasteiger charge is -2.09. The second-order valence-electron chi connectivity index (χ2n) is 4.16. The van der Waals surface area contributed by atoms with E-state index >= 15 is 0 Å². The molecule has 0 saturated carbocycles. The van der Waals surface area contributed by atoms with Crippen LogP contribution >= 0.6 is 23.2 Å². The maximum atomic E-state index is 13.7. The summed E-state index contributed by atoms with van der Waals surface area (Å²) in [5.74, 6) is -0.626. The van der Waals surface area contributed by atoms with E-state index in [9.17, 15) is 9.18 Å². The molecule has 1 heterocycles. The van der Waals surface area contributed by atoms with Gasteiger partial charge in [0, 0.05) is 17.8 Å². The largest absolute Gasteiger partial charge is 0.370 e. The van der Waals surface area contributed by atoms with E-state index < -0.39 is 11.7 Å². The minimum absolute atomic E-state index is 0.0299. The Morgan fingerprint density at radius 3 is 2.76 bits per heavy atom. The zero-order chi connectivity index (χ0) is 15.4. The van der Waals surface area contributed by atoms with Crippen molar-refractivity contribution in [2.45, 2.75) is 6.92 Å².